The lowest BCUT2D eigenvalue weighted by atomic mass is 10.1. The molecule has 3 rings (SSSR count). The monoisotopic (exact) mass is 281 g/mol. The quantitative estimate of drug-likeness (QED) is 0.901. The molecule has 1 aliphatic carbocycles. The van der Waals surface area contributed by atoms with Gasteiger partial charge in [0.15, 0.2) is 11.6 Å². The predicted octanol–water partition coefficient (Wildman–Crippen LogP) is 2.05. The van der Waals surface area contributed by atoms with Gasteiger partial charge in [-0.15, -0.1) is 0 Å². The Bertz CT molecular complexity index is 527. The zero-order valence-electron chi connectivity index (χ0n) is 11.1. The van der Waals surface area contributed by atoms with E-state index in [1.54, 1.807) is 11.0 Å². The van der Waals surface area contributed by atoms with Crippen molar-refractivity contribution in [1.82, 2.24) is 4.90 Å². The van der Waals surface area contributed by atoms with Gasteiger partial charge < -0.3 is 10.0 Å². The Morgan fingerprint density at radius 1 is 1.25 bits per heavy atom. The predicted molar refractivity (Wildman–Crippen MR) is 69.0 cm³/mol. The van der Waals surface area contributed by atoms with Crippen LogP contribution in [0.15, 0.2) is 18.2 Å². The second-order valence-corrected chi connectivity index (χ2v) is 5.65. The molecule has 0 aromatic heterocycles. The normalized spacial score (nSPS) is 26.6. The Morgan fingerprint density at radius 2 is 1.95 bits per heavy atom. The Hall–Kier alpha value is -1.49. The van der Waals surface area contributed by atoms with Crippen LogP contribution in [0.2, 0.25) is 0 Å². The van der Waals surface area contributed by atoms with E-state index >= 15 is 0 Å². The minimum atomic E-state index is -0.860. The zero-order chi connectivity index (χ0) is 14.3. The molecule has 1 amide bonds. The number of carbonyl (C=O) groups is 1. The smallest absolute Gasteiger partial charge is 0.226 e. The fourth-order valence-electron chi connectivity index (χ4n) is 2.94. The van der Waals surface area contributed by atoms with Crippen LogP contribution in [0.1, 0.15) is 30.7 Å². The second kappa shape index (κ2) is 5.13. The van der Waals surface area contributed by atoms with Crippen molar-refractivity contribution in [2.24, 2.45) is 5.92 Å². The third-order valence-electron chi connectivity index (χ3n) is 4.26. The summed E-state index contributed by atoms with van der Waals surface area (Å²) in [6.45, 7) is 1.10. The third kappa shape index (κ3) is 2.42. The summed E-state index contributed by atoms with van der Waals surface area (Å²) in [5, 5.41) is 9.43. The number of aliphatic hydroxyl groups excluding tert-OH is 1. The van der Waals surface area contributed by atoms with Crippen LogP contribution >= 0.6 is 0 Å². The van der Waals surface area contributed by atoms with Gasteiger partial charge in [-0.2, -0.15) is 0 Å². The van der Waals surface area contributed by atoms with E-state index in [4.69, 9.17) is 0 Å². The highest BCUT2D eigenvalue weighted by Crippen LogP contribution is 2.49. The summed E-state index contributed by atoms with van der Waals surface area (Å²) in [6.07, 6.45) is 1.45. The molecule has 1 aromatic rings. The van der Waals surface area contributed by atoms with Crippen LogP contribution < -0.4 is 0 Å². The highest BCUT2D eigenvalue weighted by atomic mass is 19.2. The fourth-order valence-corrected chi connectivity index (χ4v) is 2.94. The van der Waals surface area contributed by atoms with Crippen molar-refractivity contribution < 1.29 is 18.7 Å². The average molecular weight is 281 g/mol. The zero-order valence-corrected chi connectivity index (χ0v) is 11.1. The molecule has 5 heteroatoms. The van der Waals surface area contributed by atoms with E-state index in [0.29, 0.717) is 37.9 Å². The van der Waals surface area contributed by atoms with E-state index in [9.17, 15) is 18.7 Å². The van der Waals surface area contributed by atoms with Crippen LogP contribution in [0.3, 0.4) is 0 Å². The van der Waals surface area contributed by atoms with Crippen molar-refractivity contribution >= 4 is 5.91 Å². The maximum atomic E-state index is 13.7. The molecule has 108 valence electrons. The Morgan fingerprint density at radius 3 is 2.65 bits per heavy atom. The highest BCUT2D eigenvalue weighted by Gasteiger charge is 2.47. The first-order valence-electron chi connectivity index (χ1n) is 6.98. The maximum Gasteiger partial charge on any atom is 0.226 e. The van der Waals surface area contributed by atoms with E-state index in [1.165, 1.54) is 6.07 Å². The number of hydrogen-bond acceptors (Lipinski definition) is 2. The second-order valence-electron chi connectivity index (χ2n) is 5.65. The summed E-state index contributed by atoms with van der Waals surface area (Å²) in [5.74, 6) is -2.12. The Labute approximate surface area is 116 Å². The lowest BCUT2D eigenvalue weighted by molar-refractivity contribution is -0.134. The lowest BCUT2D eigenvalue weighted by Crippen LogP contribution is -2.41. The lowest BCUT2D eigenvalue weighted by Gasteiger charge is -2.29. The van der Waals surface area contributed by atoms with Gasteiger partial charge in [0.05, 0.1) is 6.10 Å². The van der Waals surface area contributed by atoms with Gasteiger partial charge >= 0.3 is 0 Å². The van der Waals surface area contributed by atoms with E-state index in [0.717, 1.165) is 6.07 Å². The summed E-state index contributed by atoms with van der Waals surface area (Å²) >= 11 is 0. The van der Waals surface area contributed by atoms with Crippen LogP contribution in [0.4, 0.5) is 8.78 Å². The molecule has 1 N–H and O–H groups in total. The number of piperidine rings is 1. The van der Waals surface area contributed by atoms with Crippen molar-refractivity contribution in [1.29, 1.82) is 0 Å². The fraction of sp³-hybridized carbons (Fsp3) is 0.533. The van der Waals surface area contributed by atoms with Gasteiger partial charge in [-0.3, -0.25) is 4.79 Å². The van der Waals surface area contributed by atoms with Crippen molar-refractivity contribution in [3.05, 3.63) is 35.4 Å². The highest BCUT2D eigenvalue weighted by molar-refractivity contribution is 5.83. The molecule has 20 heavy (non-hydrogen) atoms. The van der Waals surface area contributed by atoms with Crippen LogP contribution in [0, 0.1) is 17.6 Å². The average Bonchev–Trinajstić information content (AvgIpc) is 3.22. The van der Waals surface area contributed by atoms with Gasteiger partial charge in [0, 0.05) is 19.0 Å². The number of nitrogens with zero attached hydrogens (tertiary/aromatic N) is 1. The van der Waals surface area contributed by atoms with Gasteiger partial charge in [-0.1, -0.05) is 12.1 Å². The molecule has 0 spiro atoms. The number of rotatable bonds is 2. The number of likely N-dealkylation sites (tertiary alicyclic amines) is 1. The summed E-state index contributed by atoms with van der Waals surface area (Å²) in [6, 6.07) is 4.12. The SMILES string of the molecule is O=C(C1CC1c1cccc(F)c1F)N1CCC(O)CC1. The summed E-state index contributed by atoms with van der Waals surface area (Å²) in [5.41, 5.74) is 0.306. The molecule has 2 atom stereocenters. The summed E-state index contributed by atoms with van der Waals surface area (Å²) in [4.78, 5) is 14.0. The Kier molecular flexibility index (Phi) is 3.46. The van der Waals surface area contributed by atoms with Crippen molar-refractivity contribution in [3.8, 4) is 0 Å². The molecule has 1 aliphatic heterocycles. The number of halogens is 2. The first-order chi connectivity index (χ1) is 9.58. The maximum absolute atomic E-state index is 13.7. The molecule has 3 nitrogen and oxygen atoms in total. The first-order valence-corrected chi connectivity index (χ1v) is 6.98. The van der Waals surface area contributed by atoms with E-state index < -0.39 is 11.6 Å². The molecule has 0 radical (unpaired) electrons. The topological polar surface area (TPSA) is 40.5 Å². The van der Waals surface area contributed by atoms with Crippen LogP contribution in [0.25, 0.3) is 0 Å². The van der Waals surface area contributed by atoms with E-state index in [1.807, 2.05) is 0 Å². The standard InChI is InChI=1S/C15H17F2NO2/c16-13-3-1-2-10(14(13)17)11-8-12(11)15(20)18-6-4-9(19)5-7-18/h1-3,9,11-12,19H,4-8H2. The minimum Gasteiger partial charge on any atom is -0.393 e. The number of amides is 1. The molecule has 1 aromatic carbocycles. The number of benzene rings is 1. The van der Waals surface area contributed by atoms with Gasteiger partial charge in [0.2, 0.25) is 5.91 Å². The molecule has 2 unspecified atom stereocenters. The molecule has 1 saturated heterocycles. The van der Waals surface area contributed by atoms with Crippen molar-refractivity contribution in [2.75, 3.05) is 13.1 Å². The van der Waals surface area contributed by atoms with Crippen molar-refractivity contribution in [3.63, 3.8) is 0 Å². The molecular formula is C15H17F2NO2. The first kappa shape index (κ1) is 13.5. The number of aliphatic hydroxyl groups is 1. The van der Waals surface area contributed by atoms with Crippen LogP contribution in [-0.4, -0.2) is 35.1 Å². The molecular weight excluding hydrogens is 264 g/mol. The van der Waals surface area contributed by atoms with Crippen LogP contribution in [-0.2, 0) is 4.79 Å². The molecule has 1 saturated carbocycles. The van der Waals surface area contributed by atoms with Gasteiger partial charge in [-0.05, 0) is 36.8 Å². The number of hydrogen-bond donors (Lipinski definition) is 1. The van der Waals surface area contributed by atoms with Crippen molar-refractivity contribution in [2.45, 2.75) is 31.3 Å². The van der Waals surface area contributed by atoms with E-state index in [-0.39, 0.29) is 23.8 Å². The minimum absolute atomic E-state index is 0.00515. The molecule has 0 bridgehead atoms. The third-order valence-corrected chi connectivity index (χ3v) is 4.26. The van der Waals surface area contributed by atoms with E-state index in [2.05, 4.69) is 0 Å². The Balaban J connectivity index is 1.67. The molecule has 2 fully saturated rings. The summed E-state index contributed by atoms with van der Waals surface area (Å²) < 4.78 is 26.9. The number of carbonyl (C=O) groups excluding carboxylic acids is 1. The molecule has 1 heterocycles. The van der Waals surface area contributed by atoms with Gasteiger partial charge in [-0.25, -0.2) is 8.78 Å². The summed E-state index contributed by atoms with van der Waals surface area (Å²) in [7, 11) is 0. The van der Waals surface area contributed by atoms with Gasteiger partial charge in [0.25, 0.3) is 0 Å². The molecule has 2 aliphatic rings. The van der Waals surface area contributed by atoms with Crippen LogP contribution in [0.5, 0.6) is 0 Å². The van der Waals surface area contributed by atoms with Gasteiger partial charge in [0.1, 0.15) is 0 Å². The largest absolute Gasteiger partial charge is 0.393 e.